The number of nitrogens with one attached hydrogen (secondary N) is 1. The average Bonchev–Trinajstić information content (AvgIpc) is 3.08. The molecule has 2 amide bonds. The summed E-state index contributed by atoms with van der Waals surface area (Å²) in [7, 11) is 3.06. The number of rotatable bonds is 9. The highest BCUT2D eigenvalue weighted by Crippen LogP contribution is 2.24. The Labute approximate surface area is 163 Å². The van der Waals surface area contributed by atoms with Gasteiger partial charge in [0.15, 0.2) is 5.13 Å². The Morgan fingerprint density at radius 1 is 1.19 bits per heavy atom. The van der Waals surface area contributed by atoms with Gasteiger partial charge in [-0.25, -0.2) is 4.98 Å². The van der Waals surface area contributed by atoms with Gasteiger partial charge in [-0.15, -0.1) is 11.3 Å². The lowest BCUT2D eigenvalue weighted by atomic mass is 10.1. The van der Waals surface area contributed by atoms with Crippen molar-refractivity contribution in [2.45, 2.75) is 26.7 Å². The molecular formula is C19H25N3O4S. The topological polar surface area (TPSA) is 80.8 Å². The second kappa shape index (κ2) is 9.91. The average molecular weight is 391 g/mol. The third-order valence-corrected chi connectivity index (χ3v) is 4.70. The first-order chi connectivity index (χ1) is 13.0. The summed E-state index contributed by atoms with van der Waals surface area (Å²) in [6.07, 6.45) is 3.41. The highest BCUT2D eigenvalue weighted by molar-refractivity contribution is 7.15. The maximum Gasteiger partial charge on any atom is 0.254 e. The summed E-state index contributed by atoms with van der Waals surface area (Å²) in [6, 6.07) is 4.99. The van der Waals surface area contributed by atoms with E-state index in [1.54, 1.807) is 24.4 Å². The SMILES string of the molecule is CCCCN(CC(=O)Nc1ncc(C)s1)C(=O)c1cc(OC)cc(OC)c1. The fourth-order valence-electron chi connectivity index (χ4n) is 2.46. The van der Waals surface area contributed by atoms with Crippen molar-refractivity contribution >= 4 is 28.3 Å². The first kappa shape index (κ1) is 20.7. The van der Waals surface area contributed by atoms with E-state index in [1.807, 2.05) is 13.8 Å². The van der Waals surface area contributed by atoms with E-state index in [0.29, 0.717) is 28.7 Å². The van der Waals surface area contributed by atoms with Crippen LogP contribution < -0.4 is 14.8 Å². The van der Waals surface area contributed by atoms with E-state index in [2.05, 4.69) is 10.3 Å². The number of methoxy groups -OCH3 is 2. The number of unbranched alkanes of at least 4 members (excludes halogenated alkanes) is 1. The van der Waals surface area contributed by atoms with Crippen LogP contribution in [-0.2, 0) is 4.79 Å². The van der Waals surface area contributed by atoms with Crippen molar-refractivity contribution in [3.63, 3.8) is 0 Å². The van der Waals surface area contributed by atoms with E-state index in [4.69, 9.17) is 9.47 Å². The van der Waals surface area contributed by atoms with Crippen molar-refractivity contribution in [3.8, 4) is 11.5 Å². The fraction of sp³-hybridized carbons (Fsp3) is 0.421. The molecule has 27 heavy (non-hydrogen) atoms. The highest BCUT2D eigenvalue weighted by Gasteiger charge is 2.20. The number of carbonyl (C=O) groups excluding carboxylic acids is 2. The van der Waals surface area contributed by atoms with Gasteiger partial charge in [-0.1, -0.05) is 13.3 Å². The molecule has 0 saturated heterocycles. The smallest absolute Gasteiger partial charge is 0.254 e. The number of thiazole rings is 1. The Morgan fingerprint density at radius 2 is 1.85 bits per heavy atom. The van der Waals surface area contributed by atoms with Crippen LogP contribution in [0.4, 0.5) is 5.13 Å². The normalized spacial score (nSPS) is 10.4. The maximum atomic E-state index is 13.0. The molecule has 2 aromatic rings. The number of ether oxygens (including phenoxy) is 2. The number of benzene rings is 1. The monoisotopic (exact) mass is 391 g/mol. The fourth-order valence-corrected chi connectivity index (χ4v) is 3.14. The molecule has 2 rings (SSSR count). The third-order valence-electron chi connectivity index (χ3n) is 3.87. The zero-order valence-corrected chi connectivity index (χ0v) is 16.9. The van der Waals surface area contributed by atoms with Gasteiger partial charge in [-0.05, 0) is 25.5 Å². The summed E-state index contributed by atoms with van der Waals surface area (Å²) in [4.78, 5) is 32.1. The molecule has 1 heterocycles. The van der Waals surface area contributed by atoms with Crippen molar-refractivity contribution in [3.05, 3.63) is 34.8 Å². The molecule has 1 aromatic heterocycles. The molecule has 0 bridgehead atoms. The van der Waals surface area contributed by atoms with Gasteiger partial charge in [0.25, 0.3) is 5.91 Å². The van der Waals surface area contributed by atoms with Gasteiger partial charge >= 0.3 is 0 Å². The molecule has 1 aromatic carbocycles. The number of hydrogen-bond donors (Lipinski definition) is 1. The number of anilines is 1. The minimum Gasteiger partial charge on any atom is -0.497 e. The molecule has 7 nitrogen and oxygen atoms in total. The molecule has 0 atom stereocenters. The van der Waals surface area contributed by atoms with Crippen molar-refractivity contribution in [1.82, 2.24) is 9.88 Å². The minimum atomic E-state index is -0.274. The molecule has 0 saturated carbocycles. The molecule has 0 aliphatic rings. The third kappa shape index (κ3) is 5.96. The van der Waals surface area contributed by atoms with Crippen LogP contribution >= 0.6 is 11.3 Å². The molecule has 0 aliphatic heterocycles. The standard InChI is InChI=1S/C19H25N3O4S/c1-5-6-7-22(12-17(23)21-19-20-11-13(2)27-19)18(24)14-8-15(25-3)10-16(9-14)26-4/h8-11H,5-7,12H2,1-4H3,(H,20,21,23). The second-order valence-corrected chi connectivity index (χ2v) is 7.24. The van der Waals surface area contributed by atoms with Crippen LogP contribution in [0.15, 0.2) is 24.4 Å². The van der Waals surface area contributed by atoms with E-state index >= 15 is 0 Å². The largest absolute Gasteiger partial charge is 0.497 e. The van der Waals surface area contributed by atoms with Crippen molar-refractivity contribution < 1.29 is 19.1 Å². The summed E-state index contributed by atoms with van der Waals surface area (Å²) in [6.45, 7) is 4.40. The van der Waals surface area contributed by atoms with E-state index in [-0.39, 0.29) is 18.4 Å². The number of amides is 2. The molecular weight excluding hydrogens is 366 g/mol. The van der Waals surface area contributed by atoms with Crippen LogP contribution in [0.25, 0.3) is 0 Å². The summed E-state index contributed by atoms with van der Waals surface area (Å²) < 4.78 is 10.5. The van der Waals surface area contributed by atoms with Crippen LogP contribution in [-0.4, -0.2) is 49.0 Å². The van der Waals surface area contributed by atoms with Crippen LogP contribution in [0.3, 0.4) is 0 Å². The Hall–Kier alpha value is -2.61. The van der Waals surface area contributed by atoms with Crippen LogP contribution in [0.2, 0.25) is 0 Å². The summed E-state index contributed by atoms with van der Waals surface area (Å²) in [5, 5.41) is 3.28. The Morgan fingerprint density at radius 3 is 2.37 bits per heavy atom. The second-order valence-electron chi connectivity index (χ2n) is 6.01. The maximum absolute atomic E-state index is 13.0. The lowest BCUT2D eigenvalue weighted by molar-refractivity contribution is -0.116. The van der Waals surface area contributed by atoms with Gasteiger partial charge in [0, 0.05) is 29.2 Å². The zero-order valence-electron chi connectivity index (χ0n) is 16.1. The summed E-state index contributed by atoms with van der Waals surface area (Å²) >= 11 is 1.40. The molecule has 0 unspecified atom stereocenters. The van der Waals surface area contributed by atoms with Gasteiger partial charge < -0.3 is 19.7 Å². The first-order valence-electron chi connectivity index (χ1n) is 8.71. The Kier molecular flexibility index (Phi) is 7.60. The number of hydrogen-bond acceptors (Lipinski definition) is 6. The van der Waals surface area contributed by atoms with Gasteiger partial charge in [0.1, 0.15) is 18.0 Å². The lowest BCUT2D eigenvalue weighted by Gasteiger charge is -2.22. The van der Waals surface area contributed by atoms with E-state index in [9.17, 15) is 9.59 Å². The molecule has 0 fully saturated rings. The lowest BCUT2D eigenvalue weighted by Crippen LogP contribution is -2.38. The van der Waals surface area contributed by atoms with Gasteiger partial charge in [-0.2, -0.15) is 0 Å². The Bertz CT molecular complexity index is 769. The number of aryl methyl sites for hydroxylation is 1. The van der Waals surface area contributed by atoms with Gasteiger partial charge in [0.2, 0.25) is 5.91 Å². The van der Waals surface area contributed by atoms with E-state index in [1.165, 1.54) is 30.5 Å². The van der Waals surface area contributed by atoms with Crippen molar-refractivity contribution in [1.29, 1.82) is 0 Å². The summed E-state index contributed by atoms with van der Waals surface area (Å²) in [5.74, 6) is 0.529. The zero-order chi connectivity index (χ0) is 19.8. The number of aromatic nitrogens is 1. The van der Waals surface area contributed by atoms with Crippen molar-refractivity contribution in [2.75, 3.05) is 32.6 Å². The quantitative estimate of drug-likeness (QED) is 0.709. The molecule has 1 N–H and O–H groups in total. The first-order valence-corrected chi connectivity index (χ1v) is 9.53. The van der Waals surface area contributed by atoms with Crippen molar-refractivity contribution in [2.24, 2.45) is 0 Å². The van der Waals surface area contributed by atoms with Crippen LogP contribution in [0, 0.1) is 6.92 Å². The minimum absolute atomic E-state index is 0.0447. The molecule has 8 heteroatoms. The molecule has 0 radical (unpaired) electrons. The summed E-state index contributed by atoms with van der Waals surface area (Å²) in [5.41, 5.74) is 0.417. The molecule has 0 aliphatic carbocycles. The molecule has 146 valence electrons. The van der Waals surface area contributed by atoms with E-state index < -0.39 is 0 Å². The number of nitrogens with zero attached hydrogens (tertiary/aromatic N) is 2. The highest BCUT2D eigenvalue weighted by atomic mass is 32.1. The van der Waals surface area contributed by atoms with E-state index in [0.717, 1.165) is 17.7 Å². The Balaban J connectivity index is 2.16. The number of carbonyl (C=O) groups is 2. The van der Waals surface area contributed by atoms with Gasteiger partial charge in [-0.3, -0.25) is 9.59 Å². The predicted octanol–water partition coefficient (Wildman–Crippen LogP) is 3.35. The molecule has 0 spiro atoms. The van der Waals surface area contributed by atoms with Gasteiger partial charge in [0.05, 0.1) is 14.2 Å². The predicted molar refractivity (Wildman–Crippen MR) is 106 cm³/mol. The van der Waals surface area contributed by atoms with Crippen LogP contribution in [0.5, 0.6) is 11.5 Å². The van der Waals surface area contributed by atoms with Crippen LogP contribution in [0.1, 0.15) is 35.0 Å².